The molecule has 0 fully saturated rings. The fourth-order valence-electron chi connectivity index (χ4n) is 1.33. The van der Waals surface area contributed by atoms with Crippen LogP contribution in [0, 0.1) is 11.3 Å². The zero-order chi connectivity index (χ0) is 12.8. The van der Waals surface area contributed by atoms with Crippen molar-refractivity contribution in [1.29, 1.82) is 5.26 Å². The number of rotatable bonds is 4. The largest absolute Gasteiger partial charge is 0.373 e. The monoisotopic (exact) mass is 295 g/mol. The number of hydrogen-bond acceptors (Lipinski definition) is 3. The summed E-state index contributed by atoms with van der Waals surface area (Å²) in [5.74, 6) is -0.0521. The van der Waals surface area contributed by atoms with Crippen LogP contribution in [0.25, 0.3) is 0 Å². The van der Waals surface area contributed by atoms with Crippen LogP contribution >= 0.6 is 15.9 Å². The Kier molecular flexibility index (Phi) is 4.98. The van der Waals surface area contributed by atoms with E-state index in [9.17, 15) is 4.79 Å². The van der Waals surface area contributed by atoms with E-state index in [1.807, 2.05) is 6.92 Å². The summed E-state index contributed by atoms with van der Waals surface area (Å²) in [6.07, 6.45) is 0. The summed E-state index contributed by atoms with van der Waals surface area (Å²) in [6, 6.07) is 6.93. The van der Waals surface area contributed by atoms with Crippen LogP contribution in [0.4, 0.5) is 5.69 Å². The van der Waals surface area contributed by atoms with Crippen LogP contribution in [0.3, 0.4) is 0 Å². The van der Waals surface area contributed by atoms with Gasteiger partial charge in [0, 0.05) is 16.7 Å². The minimum absolute atomic E-state index is 0.0521. The van der Waals surface area contributed by atoms with E-state index in [-0.39, 0.29) is 11.9 Å². The number of likely N-dealkylation sites (N-methyl/N-ethyl adjacent to an activating group) is 1. The van der Waals surface area contributed by atoms with Gasteiger partial charge in [-0.25, -0.2) is 0 Å². The fourth-order valence-corrected chi connectivity index (χ4v) is 1.82. The van der Waals surface area contributed by atoms with Crippen LogP contribution in [-0.2, 0) is 4.79 Å². The van der Waals surface area contributed by atoms with Gasteiger partial charge in [0.2, 0.25) is 5.91 Å². The summed E-state index contributed by atoms with van der Waals surface area (Å²) in [5.41, 5.74) is 1.37. The molecule has 0 aliphatic heterocycles. The maximum absolute atomic E-state index is 11.5. The van der Waals surface area contributed by atoms with E-state index in [0.717, 1.165) is 10.2 Å². The van der Waals surface area contributed by atoms with Crippen molar-refractivity contribution in [2.45, 2.75) is 19.9 Å². The first kappa shape index (κ1) is 13.5. The van der Waals surface area contributed by atoms with E-state index >= 15 is 0 Å². The van der Waals surface area contributed by atoms with Gasteiger partial charge >= 0.3 is 0 Å². The zero-order valence-electron chi connectivity index (χ0n) is 9.75. The molecule has 1 amide bonds. The molecule has 0 aliphatic rings. The SMILES string of the molecule is CCNC(=O)C(C)Nc1ccc(C#N)cc1Br. The van der Waals surface area contributed by atoms with Crippen molar-refractivity contribution in [2.24, 2.45) is 0 Å². The molecule has 0 bridgehead atoms. The van der Waals surface area contributed by atoms with Crippen molar-refractivity contribution in [3.8, 4) is 6.07 Å². The second-order valence-electron chi connectivity index (χ2n) is 3.57. The molecular weight excluding hydrogens is 282 g/mol. The molecule has 0 aliphatic carbocycles. The Balaban J connectivity index is 2.75. The number of anilines is 1. The highest BCUT2D eigenvalue weighted by Gasteiger charge is 2.12. The molecule has 0 saturated carbocycles. The van der Waals surface area contributed by atoms with Crippen LogP contribution in [0.15, 0.2) is 22.7 Å². The Labute approximate surface area is 109 Å². The first-order chi connectivity index (χ1) is 8.08. The van der Waals surface area contributed by atoms with Crippen LogP contribution in [0.5, 0.6) is 0 Å². The molecule has 0 aromatic heterocycles. The number of benzene rings is 1. The molecule has 1 aromatic carbocycles. The summed E-state index contributed by atoms with van der Waals surface area (Å²) < 4.78 is 0.771. The normalized spacial score (nSPS) is 11.4. The van der Waals surface area contributed by atoms with Gasteiger partial charge in [-0.15, -0.1) is 0 Å². The molecule has 17 heavy (non-hydrogen) atoms. The van der Waals surface area contributed by atoms with Crippen molar-refractivity contribution < 1.29 is 4.79 Å². The average molecular weight is 296 g/mol. The summed E-state index contributed by atoms with van der Waals surface area (Å²) >= 11 is 3.36. The fraction of sp³-hybridized carbons (Fsp3) is 0.333. The van der Waals surface area contributed by atoms with Gasteiger partial charge < -0.3 is 10.6 Å². The Morgan fingerprint density at radius 1 is 1.59 bits per heavy atom. The van der Waals surface area contributed by atoms with Gasteiger partial charge in [-0.1, -0.05) is 0 Å². The third kappa shape index (κ3) is 3.75. The standard InChI is InChI=1S/C12H14BrN3O/c1-3-15-12(17)8(2)16-11-5-4-9(7-14)6-10(11)13/h4-6,8,16H,3H2,1-2H3,(H,15,17). The van der Waals surface area contributed by atoms with Gasteiger partial charge in [-0.05, 0) is 48.0 Å². The Morgan fingerprint density at radius 3 is 2.82 bits per heavy atom. The third-order valence-electron chi connectivity index (χ3n) is 2.21. The van der Waals surface area contributed by atoms with E-state index in [2.05, 4.69) is 32.6 Å². The molecule has 0 radical (unpaired) electrons. The first-order valence-electron chi connectivity index (χ1n) is 5.32. The van der Waals surface area contributed by atoms with Crippen molar-refractivity contribution in [1.82, 2.24) is 5.32 Å². The number of nitriles is 1. The molecule has 0 spiro atoms. The average Bonchev–Trinajstić information content (AvgIpc) is 2.31. The second-order valence-corrected chi connectivity index (χ2v) is 4.42. The lowest BCUT2D eigenvalue weighted by molar-refractivity contribution is -0.121. The van der Waals surface area contributed by atoms with Gasteiger partial charge in [0.1, 0.15) is 6.04 Å². The van der Waals surface area contributed by atoms with Gasteiger partial charge in [0.25, 0.3) is 0 Å². The van der Waals surface area contributed by atoms with E-state index in [1.54, 1.807) is 25.1 Å². The van der Waals surface area contributed by atoms with E-state index in [1.165, 1.54) is 0 Å². The number of nitrogens with one attached hydrogen (secondary N) is 2. The zero-order valence-corrected chi connectivity index (χ0v) is 11.3. The topological polar surface area (TPSA) is 64.9 Å². The molecule has 90 valence electrons. The first-order valence-corrected chi connectivity index (χ1v) is 6.11. The molecular formula is C12H14BrN3O. The molecule has 1 unspecified atom stereocenters. The van der Waals surface area contributed by atoms with Gasteiger partial charge in [-0.2, -0.15) is 5.26 Å². The molecule has 5 heteroatoms. The minimum atomic E-state index is -0.320. The van der Waals surface area contributed by atoms with Crippen LogP contribution in [-0.4, -0.2) is 18.5 Å². The quantitative estimate of drug-likeness (QED) is 0.895. The lowest BCUT2D eigenvalue weighted by Gasteiger charge is -2.15. The van der Waals surface area contributed by atoms with Crippen LogP contribution < -0.4 is 10.6 Å². The smallest absolute Gasteiger partial charge is 0.242 e. The van der Waals surface area contributed by atoms with Crippen molar-refractivity contribution >= 4 is 27.5 Å². The molecule has 1 atom stereocenters. The number of hydrogen-bond donors (Lipinski definition) is 2. The van der Waals surface area contributed by atoms with Crippen molar-refractivity contribution in [2.75, 3.05) is 11.9 Å². The third-order valence-corrected chi connectivity index (χ3v) is 2.87. The van der Waals surface area contributed by atoms with Gasteiger partial charge in [0.05, 0.1) is 11.6 Å². The lowest BCUT2D eigenvalue weighted by Crippen LogP contribution is -2.37. The molecule has 2 N–H and O–H groups in total. The predicted octanol–water partition coefficient (Wildman–Crippen LogP) is 2.26. The predicted molar refractivity (Wildman–Crippen MR) is 70.6 cm³/mol. The lowest BCUT2D eigenvalue weighted by atomic mass is 10.2. The molecule has 1 rings (SSSR count). The molecule has 0 saturated heterocycles. The Bertz CT molecular complexity index is 454. The molecule has 4 nitrogen and oxygen atoms in total. The summed E-state index contributed by atoms with van der Waals surface area (Å²) in [5, 5.41) is 14.6. The number of carbonyl (C=O) groups is 1. The summed E-state index contributed by atoms with van der Waals surface area (Å²) in [7, 11) is 0. The Morgan fingerprint density at radius 2 is 2.29 bits per heavy atom. The maximum atomic E-state index is 11.5. The summed E-state index contributed by atoms with van der Waals surface area (Å²) in [6.45, 7) is 4.28. The molecule has 1 aromatic rings. The molecule has 0 heterocycles. The number of nitrogens with zero attached hydrogens (tertiary/aromatic N) is 1. The highest BCUT2D eigenvalue weighted by Crippen LogP contribution is 2.23. The number of amides is 1. The highest BCUT2D eigenvalue weighted by atomic mass is 79.9. The van der Waals surface area contributed by atoms with Crippen LogP contribution in [0.1, 0.15) is 19.4 Å². The van der Waals surface area contributed by atoms with Crippen LogP contribution in [0.2, 0.25) is 0 Å². The number of halogens is 1. The minimum Gasteiger partial charge on any atom is -0.373 e. The maximum Gasteiger partial charge on any atom is 0.242 e. The summed E-state index contributed by atoms with van der Waals surface area (Å²) in [4.78, 5) is 11.5. The van der Waals surface area contributed by atoms with E-state index in [0.29, 0.717) is 12.1 Å². The second kappa shape index (κ2) is 6.26. The highest BCUT2D eigenvalue weighted by molar-refractivity contribution is 9.10. The van der Waals surface area contributed by atoms with Crippen molar-refractivity contribution in [3.05, 3.63) is 28.2 Å². The van der Waals surface area contributed by atoms with Gasteiger partial charge in [-0.3, -0.25) is 4.79 Å². The van der Waals surface area contributed by atoms with E-state index < -0.39 is 0 Å². The number of carbonyl (C=O) groups excluding carboxylic acids is 1. The van der Waals surface area contributed by atoms with E-state index in [4.69, 9.17) is 5.26 Å². The Hall–Kier alpha value is -1.54. The van der Waals surface area contributed by atoms with Crippen molar-refractivity contribution in [3.63, 3.8) is 0 Å². The van der Waals surface area contributed by atoms with Gasteiger partial charge in [0.15, 0.2) is 0 Å².